The van der Waals surface area contributed by atoms with Crippen molar-refractivity contribution in [3.05, 3.63) is 96.1 Å². The van der Waals surface area contributed by atoms with Crippen LogP contribution >= 0.6 is 0 Å². The molecule has 9 heteroatoms. The number of anilines is 1. The van der Waals surface area contributed by atoms with E-state index in [1.54, 1.807) is 12.1 Å². The number of carbonyl (C=O) groups excluding carboxylic acids is 2. The molecule has 8 nitrogen and oxygen atoms in total. The molecule has 1 atom stereocenters. The van der Waals surface area contributed by atoms with Crippen LogP contribution in [0.4, 0.5) is 14.9 Å². The van der Waals surface area contributed by atoms with Gasteiger partial charge >= 0.3 is 6.09 Å². The van der Waals surface area contributed by atoms with Crippen molar-refractivity contribution in [3.8, 4) is 22.5 Å². The Kier molecular flexibility index (Phi) is 7.46. The SMILES string of the molecule is CC(=O)NC[C@H]1CN(c2ccc(-c3ccc(CNCc4c[nH]c(-c5ccccc5)n4)cc3)c(F)c2)C(=O)O1. The van der Waals surface area contributed by atoms with E-state index in [2.05, 4.69) is 20.6 Å². The third-order valence-electron chi connectivity index (χ3n) is 6.30. The first-order chi connectivity index (χ1) is 18.5. The number of H-pyrrole nitrogens is 1. The molecule has 1 fully saturated rings. The summed E-state index contributed by atoms with van der Waals surface area (Å²) in [6.07, 6.45) is 0.861. The minimum absolute atomic E-state index is 0.202. The average molecular weight is 514 g/mol. The van der Waals surface area contributed by atoms with Crippen LogP contribution in [0.15, 0.2) is 79.0 Å². The number of rotatable bonds is 9. The molecule has 0 aliphatic carbocycles. The van der Waals surface area contributed by atoms with E-state index < -0.39 is 18.0 Å². The van der Waals surface area contributed by atoms with E-state index in [1.807, 2.05) is 60.8 Å². The van der Waals surface area contributed by atoms with Crippen molar-refractivity contribution < 1.29 is 18.7 Å². The molecule has 194 valence electrons. The van der Waals surface area contributed by atoms with Crippen molar-refractivity contribution in [2.45, 2.75) is 26.1 Å². The average Bonchev–Trinajstić information content (AvgIpc) is 3.55. The second-order valence-corrected chi connectivity index (χ2v) is 9.12. The van der Waals surface area contributed by atoms with Gasteiger partial charge in [-0.3, -0.25) is 9.69 Å². The van der Waals surface area contributed by atoms with E-state index in [0.29, 0.717) is 24.3 Å². The number of cyclic esters (lactones) is 1. The van der Waals surface area contributed by atoms with Crippen molar-refractivity contribution in [3.63, 3.8) is 0 Å². The lowest BCUT2D eigenvalue weighted by atomic mass is 10.0. The van der Waals surface area contributed by atoms with Crippen molar-refractivity contribution in [1.29, 1.82) is 0 Å². The Hall–Kier alpha value is -4.50. The number of hydrogen-bond donors (Lipinski definition) is 3. The molecule has 0 radical (unpaired) electrons. The third-order valence-corrected chi connectivity index (χ3v) is 6.30. The molecule has 1 aliphatic heterocycles. The predicted octanol–water partition coefficient (Wildman–Crippen LogP) is 4.63. The van der Waals surface area contributed by atoms with Gasteiger partial charge < -0.3 is 20.4 Å². The second-order valence-electron chi connectivity index (χ2n) is 9.12. The lowest BCUT2D eigenvalue weighted by molar-refractivity contribution is -0.119. The van der Waals surface area contributed by atoms with Gasteiger partial charge in [0, 0.05) is 37.3 Å². The van der Waals surface area contributed by atoms with Crippen molar-refractivity contribution in [2.24, 2.45) is 0 Å². The van der Waals surface area contributed by atoms with E-state index in [4.69, 9.17) is 4.74 Å². The molecule has 0 spiro atoms. The van der Waals surface area contributed by atoms with Gasteiger partial charge in [-0.25, -0.2) is 14.2 Å². The largest absolute Gasteiger partial charge is 0.442 e. The first-order valence-electron chi connectivity index (χ1n) is 12.4. The zero-order valence-electron chi connectivity index (χ0n) is 20.9. The fraction of sp³-hybridized carbons (Fsp3) is 0.207. The summed E-state index contributed by atoms with van der Waals surface area (Å²) in [7, 11) is 0. The number of aromatic nitrogens is 2. The number of carbonyl (C=O) groups is 2. The highest BCUT2D eigenvalue weighted by Gasteiger charge is 2.32. The van der Waals surface area contributed by atoms with Gasteiger partial charge in [0.2, 0.25) is 5.91 Å². The summed E-state index contributed by atoms with van der Waals surface area (Å²) < 4.78 is 20.3. The highest BCUT2D eigenvalue weighted by molar-refractivity contribution is 5.90. The Morgan fingerprint density at radius 2 is 1.87 bits per heavy atom. The maximum Gasteiger partial charge on any atom is 0.414 e. The fourth-order valence-electron chi connectivity index (χ4n) is 4.33. The van der Waals surface area contributed by atoms with Crippen LogP contribution < -0.4 is 15.5 Å². The molecular formula is C29H28FN5O3. The van der Waals surface area contributed by atoms with Crippen molar-refractivity contribution in [2.75, 3.05) is 18.0 Å². The van der Waals surface area contributed by atoms with Crippen LogP contribution in [0.5, 0.6) is 0 Å². The molecule has 1 aliphatic rings. The Balaban J connectivity index is 1.16. The van der Waals surface area contributed by atoms with Gasteiger partial charge in [-0.15, -0.1) is 0 Å². The Morgan fingerprint density at radius 3 is 2.61 bits per heavy atom. The summed E-state index contributed by atoms with van der Waals surface area (Å²) in [6, 6.07) is 22.3. The number of imidazole rings is 1. The summed E-state index contributed by atoms with van der Waals surface area (Å²) in [4.78, 5) is 32.5. The number of benzene rings is 3. The fourth-order valence-corrected chi connectivity index (χ4v) is 4.33. The summed E-state index contributed by atoms with van der Waals surface area (Å²) >= 11 is 0. The summed E-state index contributed by atoms with van der Waals surface area (Å²) in [5.74, 6) is 0.206. The Labute approximate surface area is 219 Å². The van der Waals surface area contributed by atoms with Crippen LogP contribution in [0.25, 0.3) is 22.5 Å². The molecule has 5 rings (SSSR count). The molecule has 4 aromatic rings. The molecule has 0 saturated carbocycles. The zero-order valence-corrected chi connectivity index (χ0v) is 20.9. The molecule has 38 heavy (non-hydrogen) atoms. The van der Waals surface area contributed by atoms with E-state index in [1.165, 1.54) is 17.9 Å². The first-order valence-corrected chi connectivity index (χ1v) is 12.4. The van der Waals surface area contributed by atoms with Crippen LogP contribution in [-0.4, -0.2) is 41.2 Å². The highest BCUT2D eigenvalue weighted by atomic mass is 19.1. The summed E-state index contributed by atoms with van der Waals surface area (Å²) in [5.41, 5.74) is 4.63. The molecule has 0 bridgehead atoms. The van der Waals surface area contributed by atoms with Crippen LogP contribution in [-0.2, 0) is 22.6 Å². The number of nitrogens with zero attached hydrogens (tertiary/aromatic N) is 2. The predicted molar refractivity (Wildman–Crippen MR) is 143 cm³/mol. The van der Waals surface area contributed by atoms with Crippen LogP contribution in [0, 0.1) is 5.82 Å². The maximum absolute atomic E-state index is 15.0. The molecule has 2 heterocycles. The minimum Gasteiger partial charge on any atom is -0.442 e. The second kappa shape index (κ2) is 11.3. The lowest BCUT2D eigenvalue weighted by Gasteiger charge is -2.15. The Bertz CT molecular complexity index is 1420. The first kappa shape index (κ1) is 25.2. The molecule has 2 amide bonds. The molecule has 1 saturated heterocycles. The smallest absolute Gasteiger partial charge is 0.414 e. The van der Waals surface area contributed by atoms with Gasteiger partial charge in [-0.1, -0.05) is 54.6 Å². The van der Waals surface area contributed by atoms with E-state index >= 15 is 4.39 Å². The van der Waals surface area contributed by atoms with Crippen molar-refractivity contribution in [1.82, 2.24) is 20.6 Å². The van der Waals surface area contributed by atoms with Crippen LogP contribution in [0.1, 0.15) is 18.2 Å². The normalized spacial score (nSPS) is 14.9. The molecule has 3 N–H and O–H groups in total. The zero-order chi connectivity index (χ0) is 26.5. The minimum atomic E-state index is -0.560. The summed E-state index contributed by atoms with van der Waals surface area (Å²) in [6.45, 7) is 3.12. The standard InChI is InChI=1S/C29H28FN5O3/c1-19(36)32-17-25-18-35(29(37)38-25)24-11-12-26(27(30)13-24)21-9-7-20(8-10-21)14-31-15-23-16-33-28(34-23)22-5-3-2-4-6-22/h2-13,16,25,31H,14-15,17-18H2,1H3,(H,32,36)(H,33,34)/t25-/m0/s1. The van der Waals surface area contributed by atoms with Gasteiger partial charge in [0.25, 0.3) is 0 Å². The van der Waals surface area contributed by atoms with Gasteiger partial charge in [0.1, 0.15) is 17.7 Å². The van der Waals surface area contributed by atoms with E-state index in [9.17, 15) is 9.59 Å². The van der Waals surface area contributed by atoms with Crippen molar-refractivity contribution >= 4 is 17.7 Å². The van der Waals surface area contributed by atoms with Crippen LogP contribution in [0.3, 0.4) is 0 Å². The van der Waals surface area contributed by atoms with Gasteiger partial charge in [0.05, 0.1) is 24.5 Å². The number of halogens is 1. The number of nitrogens with one attached hydrogen (secondary N) is 3. The van der Waals surface area contributed by atoms with Crippen LogP contribution in [0.2, 0.25) is 0 Å². The maximum atomic E-state index is 15.0. The third kappa shape index (κ3) is 5.90. The number of aromatic amines is 1. The number of amides is 2. The lowest BCUT2D eigenvalue weighted by Crippen LogP contribution is -2.33. The van der Waals surface area contributed by atoms with E-state index in [0.717, 1.165) is 28.2 Å². The summed E-state index contributed by atoms with van der Waals surface area (Å²) in [5, 5.41) is 6.01. The van der Waals surface area contributed by atoms with Gasteiger partial charge in [-0.2, -0.15) is 0 Å². The molecular weight excluding hydrogens is 485 g/mol. The highest BCUT2D eigenvalue weighted by Crippen LogP contribution is 2.29. The number of ether oxygens (including phenoxy) is 1. The van der Waals surface area contributed by atoms with Gasteiger partial charge in [-0.05, 0) is 29.3 Å². The topological polar surface area (TPSA) is 99.4 Å². The molecule has 0 unspecified atom stereocenters. The quantitative estimate of drug-likeness (QED) is 0.303. The number of hydrogen-bond acceptors (Lipinski definition) is 5. The molecule has 3 aromatic carbocycles. The molecule has 1 aromatic heterocycles. The monoisotopic (exact) mass is 513 g/mol. The van der Waals surface area contributed by atoms with Gasteiger partial charge in [0.15, 0.2) is 0 Å². The Morgan fingerprint density at radius 1 is 1.08 bits per heavy atom. The van der Waals surface area contributed by atoms with E-state index in [-0.39, 0.29) is 19.0 Å².